The zero-order valence-electron chi connectivity index (χ0n) is 18.4. The van der Waals surface area contributed by atoms with Crippen LogP contribution in [0.5, 0.6) is 0 Å². The lowest BCUT2D eigenvalue weighted by Gasteiger charge is -2.27. The second kappa shape index (κ2) is 11.2. The van der Waals surface area contributed by atoms with E-state index in [9.17, 15) is 19.8 Å². The third-order valence-corrected chi connectivity index (χ3v) is 5.74. The molecule has 0 spiro atoms. The van der Waals surface area contributed by atoms with Crippen LogP contribution in [0, 0.1) is 11.8 Å². The van der Waals surface area contributed by atoms with Crippen molar-refractivity contribution in [3.63, 3.8) is 0 Å². The molecule has 2 atom stereocenters. The maximum atomic E-state index is 12.2. The van der Waals surface area contributed by atoms with Gasteiger partial charge in [-0.05, 0) is 66.5 Å². The van der Waals surface area contributed by atoms with E-state index in [0.717, 1.165) is 49.7 Å². The second-order valence-electron chi connectivity index (χ2n) is 8.75. The molecule has 4 nitrogen and oxygen atoms in total. The van der Waals surface area contributed by atoms with Crippen LogP contribution in [0.3, 0.4) is 0 Å². The van der Waals surface area contributed by atoms with Crippen LogP contribution in [-0.4, -0.2) is 22.2 Å². The van der Waals surface area contributed by atoms with Crippen molar-refractivity contribution < 1.29 is 19.8 Å². The lowest BCUT2D eigenvalue weighted by atomic mass is 9.76. The highest BCUT2D eigenvalue weighted by Gasteiger charge is 2.29. The SMILES string of the molecule is CCC(CCC(C)C)c1ccc(C(=O)O)c(C(=O)O)c1C(CC)CCC(C)C. The van der Waals surface area contributed by atoms with Crippen molar-refractivity contribution in [3.8, 4) is 0 Å². The maximum Gasteiger partial charge on any atom is 0.336 e. The van der Waals surface area contributed by atoms with Crippen molar-refractivity contribution in [1.82, 2.24) is 0 Å². The van der Waals surface area contributed by atoms with Crippen LogP contribution < -0.4 is 0 Å². The third-order valence-electron chi connectivity index (χ3n) is 5.74. The van der Waals surface area contributed by atoms with Gasteiger partial charge in [0.15, 0.2) is 0 Å². The largest absolute Gasteiger partial charge is 0.478 e. The molecule has 0 amide bonds. The van der Waals surface area contributed by atoms with Gasteiger partial charge in [-0.15, -0.1) is 0 Å². The van der Waals surface area contributed by atoms with E-state index in [2.05, 4.69) is 41.5 Å². The Balaban J connectivity index is 3.62. The Hall–Kier alpha value is -1.84. The van der Waals surface area contributed by atoms with Crippen LogP contribution >= 0.6 is 0 Å². The predicted molar refractivity (Wildman–Crippen MR) is 115 cm³/mol. The summed E-state index contributed by atoms with van der Waals surface area (Å²) in [4.78, 5) is 23.9. The van der Waals surface area contributed by atoms with E-state index in [1.807, 2.05) is 6.07 Å². The zero-order chi connectivity index (χ0) is 21.4. The highest BCUT2D eigenvalue weighted by Crippen LogP contribution is 2.39. The molecule has 158 valence electrons. The van der Waals surface area contributed by atoms with E-state index in [1.54, 1.807) is 0 Å². The minimum Gasteiger partial charge on any atom is -0.478 e. The standard InChI is InChI=1S/C24H38O4/c1-7-17(11-9-15(3)4)19-13-14-20(23(25)26)22(24(27)28)21(19)18(8-2)12-10-16(5)6/h13-18H,7-12H2,1-6H3,(H,25,26)(H,27,28). The van der Waals surface area contributed by atoms with Gasteiger partial charge in [-0.25, -0.2) is 9.59 Å². The summed E-state index contributed by atoms with van der Waals surface area (Å²) in [6.07, 6.45) is 5.68. The van der Waals surface area contributed by atoms with Crippen molar-refractivity contribution in [2.24, 2.45) is 11.8 Å². The smallest absolute Gasteiger partial charge is 0.336 e. The molecule has 1 aromatic carbocycles. The van der Waals surface area contributed by atoms with E-state index in [-0.39, 0.29) is 23.0 Å². The van der Waals surface area contributed by atoms with E-state index >= 15 is 0 Å². The summed E-state index contributed by atoms with van der Waals surface area (Å²) >= 11 is 0. The number of aromatic carboxylic acids is 2. The molecule has 0 aromatic heterocycles. The average molecular weight is 391 g/mol. The highest BCUT2D eigenvalue weighted by molar-refractivity contribution is 6.03. The number of rotatable bonds is 12. The first-order chi connectivity index (χ1) is 13.1. The number of carboxylic acid groups (broad SMARTS) is 2. The molecule has 0 aliphatic heterocycles. The van der Waals surface area contributed by atoms with E-state index in [4.69, 9.17) is 0 Å². The van der Waals surface area contributed by atoms with Gasteiger partial charge in [0.1, 0.15) is 0 Å². The molecule has 0 radical (unpaired) electrons. The van der Waals surface area contributed by atoms with Crippen molar-refractivity contribution in [2.75, 3.05) is 0 Å². The Labute approximate surface area is 170 Å². The monoisotopic (exact) mass is 390 g/mol. The molecule has 1 aromatic rings. The molecule has 0 fully saturated rings. The minimum absolute atomic E-state index is 0.00334. The van der Waals surface area contributed by atoms with Gasteiger partial charge in [0.25, 0.3) is 0 Å². The molecule has 0 aliphatic rings. The van der Waals surface area contributed by atoms with Crippen LogP contribution in [0.1, 0.15) is 124 Å². The van der Waals surface area contributed by atoms with Gasteiger partial charge in [-0.3, -0.25) is 0 Å². The van der Waals surface area contributed by atoms with Crippen LogP contribution in [0.15, 0.2) is 12.1 Å². The van der Waals surface area contributed by atoms with Crippen molar-refractivity contribution in [3.05, 3.63) is 34.4 Å². The maximum absolute atomic E-state index is 12.2. The number of benzene rings is 1. The number of carbonyl (C=O) groups is 2. The van der Waals surface area contributed by atoms with Gasteiger partial charge >= 0.3 is 11.9 Å². The summed E-state index contributed by atoms with van der Waals surface area (Å²) in [5, 5.41) is 19.6. The van der Waals surface area contributed by atoms with E-state index in [0.29, 0.717) is 11.8 Å². The van der Waals surface area contributed by atoms with Crippen LogP contribution in [0.4, 0.5) is 0 Å². The lowest BCUT2D eigenvalue weighted by Crippen LogP contribution is -2.18. The summed E-state index contributed by atoms with van der Waals surface area (Å²) < 4.78 is 0. The lowest BCUT2D eigenvalue weighted by molar-refractivity contribution is 0.0649. The Morgan fingerprint density at radius 2 is 1.29 bits per heavy atom. The number of hydrogen-bond donors (Lipinski definition) is 2. The second-order valence-corrected chi connectivity index (χ2v) is 8.75. The van der Waals surface area contributed by atoms with Crippen LogP contribution in [-0.2, 0) is 0 Å². The summed E-state index contributed by atoms with van der Waals surface area (Å²) in [6, 6.07) is 3.38. The molecule has 4 heteroatoms. The third kappa shape index (κ3) is 6.35. The van der Waals surface area contributed by atoms with Gasteiger partial charge in [-0.1, -0.05) is 60.5 Å². The van der Waals surface area contributed by atoms with Gasteiger partial charge in [0.05, 0.1) is 11.1 Å². The molecular weight excluding hydrogens is 352 g/mol. The van der Waals surface area contributed by atoms with Gasteiger partial charge < -0.3 is 10.2 Å². The Bertz CT molecular complexity index is 661. The predicted octanol–water partition coefficient (Wildman–Crippen LogP) is 6.94. The van der Waals surface area contributed by atoms with Crippen LogP contribution in [0.25, 0.3) is 0 Å². The summed E-state index contributed by atoms with van der Waals surface area (Å²) in [5.41, 5.74) is 1.73. The first-order valence-electron chi connectivity index (χ1n) is 10.8. The zero-order valence-corrected chi connectivity index (χ0v) is 18.4. The molecule has 2 unspecified atom stereocenters. The molecular formula is C24H38O4. The molecule has 0 aliphatic carbocycles. The molecule has 1 rings (SSSR count). The normalized spacial score (nSPS) is 13.7. The fraction of sp³-hybridized carbons (Fsp3) is 0.667. The van der Waals surface area contributed by atoms with Crippen molar-refractivity contribution in [2.45, 2.75) is 91.9 Å². The van der Waals surface area contributed by atoms with Gasteiger partial charge in [0, 0.05) is 0 Å². The number of carboxylic acids is 2. The molecule has 0 saturated carbocycles. The van der Waals surface area contributed by atoms with Crippen molar-refractivity contribution >= 4 is 11.9 Å². The fourth-order valence-electron chi connectivity index (χ4n) is 4.04. The Kier molecular flexibility index (Phi) is 9.71. The summed E-state index contributed by atoms with van der Waals surface area (Å²) in [7, 11) is 0. The van der Waals surface area contributed by atoms with E-state index in [1.165, 1.54) is 6.07 Å². The molecule has 28 heavy (non-hydrogen) atoms. The molecule has 0 heterocycles. The summed E-state index contributed by atoms with van der Waals surface area (Å²) in [5.74, 6) is -0.869. The highest BCUT2D eigenvalue weighted by atomic mass is 16.4. The first-order valence-corrected chi connectivity index (χ1v) is 10.8. The molecule has 2 N–H and O–H groups in total. The topological polar surface area (TPSA) is 74.6 Å². The Morgan fingerprint density at radius 3 is 1.68 bits per heavy atom. The quantitative estimate of drug-likeness (QED) is 0.405. The first kappa shape index (κ1) is 24.2. The number of hydrogen-bond acceptors (Lipinski definition) is 2. The Morgan fingerprint density at radius 1 is 0.786 bits per heavy atom. The summed E-state index contributed by atoms with van der Waals surface area (Å²) in [6.45, 7) is 12.9. The van der Waals surface area contributed by atoms with Crippen LogP contribution in [0.2, 0.25) is 0 Å². The van der Waals surface area contributed by atoms with Gasteiger partial charge in [-0.2, -0.15) is 0 Å². The van der Waals surface area contributed by atoms with Crippen molar-refractivity contribution in [1.29, 1.82) is 0 Å². The minimum atomic E-state index is -1.17. The average Bonchev–Trinajstić information content (AvgIpc) is 2.61. The van der Waals surface area contributed by atoms with Gasteiger partial charge in [0.2, 0.25) is 0 Å². The molecule has 0 bridgehead atoms. The molecule has 0 saturated heterocycles. The fourth-order valence-corrected chi connectivity index (χ4v) is 4.04. The van der Waals surface area contributed by atoms with E-state index < -0.39 is 11.9 Å².